The van der Waals surface area contributed by atoms with Crippen molar-refractivity contribution in [3.8, 4) is 5.75 Å². The van der Waals surface area contributed by atoms with Crippen LogP contribution in [-0.4, -0.2) is 35.0 Å². The van der Waals surface area contributed by atoms with E-state index in [2.05, 4.69) is 6.07 Å². The van der Waals surface area contributed by atoms with Crippen LogP contribution in [-0.2, 0) is 17.8 Å². The molecule has 1 amide bonds. The van der Waals surface area contributed by atoms with E-state index >= 15 is 0 Å². The van der Waals surface area contributed by atoms with Crippen molar-refractivity contribution in [2.45, 2.75) is 32.7 Å². The van der Waals surface area contributed by atoms with Crippen LogP contribution in [0.1, 0.15) is 44.1 Å². The van der Waals surface area contributed by atoms with Gasteiger partial charge in [-0.05, 0) is 60.7 Å². The summed E-state index contributed by atoms with van der Waals surface area (Å²) in [5, 5.41) is 9.19. The van der Waals surface area contributed by atoms with Gasteiger partial charge in [-0.2, -0.15) is 0 Å². The average molecular weight is 351 g/mol. The van der Waals surface area contributed by atoms with Crippen LogP contribution in [0.2, 0.25) is 0 Å². The highest BCUT2D eigenvalue weighted by Gasteiger charge is 2.35. The molecule has 1 N–H and O–H groups in total. The zero-order valence-corrected chi connectivity index (χ0v) is 14.9. The third-order valence-electron chi connectivity index (χ3n) is 5.48. The van der Waals surface area contributed by atoms with Gasteiger partial charge in [0.1, 0.15) is 18.3 Å². The van der Waals surface area contributed by atoms with Gasteiger partial charge in [0.2, 0.25) is 5.91 Å². The zero-order chi connectivity index (χ0) is 18.4. The van der Waals surface area contributed by atoms with Crippen molar-refractivity contribution < 1.29 is 19.4 Å². The van der Waals surface area contributed by atoms with Gasteiger partial charge in [0.25, 0.3) is 0 Å². The molecule has 0 bridgehead atoms. The highest BCUT2D eigenvalue weighted by atomic mass is 16.5. The van der Waals surface area contributed by atoms with Crippen LogP contribution in [0.5, 0.6) is 5.75 Å². The van der Waals surface area contributed by atoms with Crippen molar-refractivity contribution in [1.29, 1.82) is 0 Å². The molecule has 0 radical (unpaired) electrons. The Labute approximate surface area is 152 Å². The summed E-state index contributed by atoms with van der Waals surface area (Å²) in [5.74, 6) is -0.371. The number of fused-ring (bicyclic) bond motifs is 2. The molecule has 0 spiro atoms. The highest BCUT2D eigenvalue weighted by molar-refractivity contribution is 5.88. The highest BCUT2D eigenvalue weighted by Crippen LogP contribution is 2.37. The van der Waals surface area contributed by atoms with E-state index in [1.54, 1.807) is 12.1 Å². The number of nitrogens with zero attached hydrogens (tertiary/aromatic N) is 1. The molecule has 1 atom stereocenters. The van der Waals surface area contributed by atoms with Gasteiger partial charge in [-0.25, -0.2) is 4.79 Å². The van der Waals surface area contributed by atoms with Crippen LogP contribution in [0.15, 0.2) is 30.3 Å². The lowest BCUT2D eigenvalue weighted by Crippen LogP contribution is -2.39. The molecule has 2 aliphatic rings. The molecule has 0 aliphatic carbocycles. The first kappa shape index (κ1) is 16.6. The first-order chi connectivity index (χ1) is 12.4. The van der Waals surface area contributed by atoms with Crippen LogP contribution in [0.3, 0.4) is 0 Å². The molecule has 134 valence electrons. The number of carboxylic acid groups (broad SMARTS) is 1. The topological polar surface area (TPSA) is 66.8 Å². The lowest BCUT2D eigenvalue weighted by Gasteiger charge is -2.31. The largest absolute Gasteiger partial charge is 0.492 e. The van der Waals surface area contributed by atoms with Gasteiger partial charge in [-0.3, -0.25) is 4.79 Å². The number of aromatic carboxylic acids is 1. The van der Waals surface area contributed by atoms with Gasteiger partial charge in [0.05, 0.1) is 5.56 Å². The number of carboxylic acids is 1. The molecule has 2 aliphatic heterocycles. The predicted molar refractivity (Wildman–Crippen MR) is 96.7 cm³/mol. The fraction of sp³-hybridized carbons (Fsp3) is 0.333. The second-order valence-corrected chi connectivity index (χ2v) is 7.14. The molecule has 0 saturated heterocycles. The quantitative estimate of drug-likeness (QED) is 0.903. The maximum Gasteiger partial charge on any atom is 0.335 e. The van der Waals surface area contributed by atoms with Gasteiger partial charge in [-0.15, -0.1) is 0 Å². The summed E-state index contributed by atoms with van der Waals surface area (Å²) < 4.78 is 5.75. The standard InChI is InChI=1S/C21H21NO4/c1-12-7-17-18(11-26-19(17)8-13(12)2)20(23)22-6-5-14-3-4-15(21(24)25)9-16(14)10-22/h3-4,7-9,18H,5-6,10-11H2,1-2H3,(H,24,25). The van der Waals surface area contributed by atoms with Crippen molar-refractivity contribution in [2.24, 2.45) is 0 Å². The summed E-state index contributed by atoms with van der Waals surface area (Å²) in [6, 6.07) is 9.23. The molecule has 4 rings (SSSR count). The number of carbonyl (C=O) groups is 2. The second-order valence-electron chi connectivity index (χ2n) is 7.14. The van der Waals surface area contributed by atoms with E-state index in [9.17, 15) is 14.7 Å². The smallest absolute Gasteiger partial charge is 0.335 e. The molecule has 1 unspecified atom stereocenters. The van der Waals surface area contributed by atoms with Crippen LogP contribution in [0.4, 0.5) is 0 Å². The number of hydrogen-bond acceptors (Lipinski definition) is 3. The molecule has 2 heterocycles. The van der Waals surface area contributed by atoms with E-state index in [4.69, 9.17) is 4.74 Å². The zero-order valence-electron chi connectivity index (χ0n) is 14.9. The minimum absolute atomic E-state index is 0.0541. The number of rotatable bonds is 2. The summed E-state index contributed by atoms with van der Waals surface area (Å²) in [5.41, 5.74) is 5.58. The molecular weight excluding hydrogens is 330 g/mol. The van der Waals surface area contributed by atoms with E-state index in [1.165, 1.54) is 0 Å². The predicted octanol–water partition coefficient (Wildman–Crippen LogP) is 3.06. The van der Waals surface area contributed by atoms with Gasteiger partial charge >= 0.3 is 5.97 Å². The monoisotopic (exact) mass is 351 g/mol. The van der Waals surface area contributed by atoms with E-state index in [0.29, 0.717) is 19.7 Å². The Morgan fingerprint density at radius 3 is 2.65 bits per heavy atom. The van der Waals surface area contributed by atoms with Crippen LogP contribution in [0.25, 0.3) is 0 Å². The third-order valence-corrected chi connectivity index (χ3v) is 5.48. The molecule has 5 nitrogen and oxygen atoms in total. The number of benzene rings is 2. The fourth-order valence-corrected chi connectivity index (χ4v) is 3.78. The van der Waals surface area contributed by atoms with Gasteiger partial charge < -0.3 is 14.7 Å². The van der Waals surface area contributed by atoms with E-state index in [-0.39, 0.29) is 17.4 Å². The van der Waals surface area contributed by atoms with Crippen molar-refractivity contribution in [3.05, 3.63) is 63.7 Å². The molecular formula is C21H21NO4. The summed E-state index contributed by atoms with van der Waals surface area (Å²) in [6.45, 7) is 5.55. The maximum absolute atomic E-state index is 13.1. The maximum atomic E-state index is 13.1. The molecule has 5 heteroatoms. The van der Waals surface area contributed by atoms with Crippen molar-refractivity contribution >= 4 is 11.9 Å². The Balaban J connectivity index is 1.59. The normalized spacial score (nSPS) is 18.1. The second kappa shape index (κ2) is 6.16. The first-order valence-electron chi connectivity index (χ1n) is 8.82. The molecule has 2 aromatic carbocycles. The number of hydrogen-bond donors (Lipinski definition) is 1. The minimum Gasteiger partial charge on any atom is -0.492 e. The number of aryl methyl sites for hydroxylation is 2. The SMILES string of the molecule is Cc1cc2c(cc1C)C(C(=O)N1CCc3ccc(C(=O)O)cc3C1)CO2. The van der Waals surface area contributed by atoms with E-state index < -0.39 is 5.97 Å². The van der Waals surface area contributed by atoms with Crippen LogP contribution >= 0.6 is 0 Å². The Hall–Kier alpha value is -2.82. The Morgan fingerprint density at radius 2 is 1.88 bits per heavy atom. The molecule has 2 aromatic rings. The van der Waals surface area contributed by atoms with Crippen LogP contribution in [0, 0.1) is 13.8 Å². The van der Waals surface area contributed by atoms with Gasteiger partial charge in [-0.1, -0.05) is 12.1 Å². The van der Waals surface area contributed by atoms with Crippen molar-refractivity contribution in [3.63, 3.8) is 0 Å². The van der Waals surface area contributed by atoms with Gasteiger partial charge in [0.15, 0.2) is 0 Å². The van der Waals surface area contributed by atoms with Gasteiger partial charge in [0, 0.05) is 18.7 Å². The summed E-state index contributed by atoms with van der Waals surface area (Å²) in [4.78, 5) is 26.2. The number of ether oxygens (including phenoxy) is 1. The van der Waals surface area contributed by atoms with Crippen molar-refractivity contribution in [2.75, 3.05) is 13.2 Å². The van der Waals surface area contributed by atoms with E-state index in [0.717, 1.165) is 40.0 Å². The molecule has 0 saturated carbocycles. The molecule has 0 aromatic heterocycles. The lowest BCUT2D eigenvalue weighted by atomic mass is 9.93. The Morgan fingerprint density at radius 1 is 1.12 bits per heavy atom. The summed E-state index contributed by atoms with van der Waals surface area (Å²) in [6.07, 6.45) is 0.744. The van der Waals surface area contributed by atoms with E-state index in [1.807, 2.05) is 30.9 Å². The first-order valence-corrected chi connectivity index (χ1v) is 8.82. The molecule has 0 fully saturated rings. The minimum atomic E-state index is -0.944. The summed E-state index contributed by atoms with van der Waals surface area (Å²) in [7, 11) is 0. The summed E-state index contributed by atoms with van der Waals surface area (Å²) >= 11 is 0. The third kappa shape index (κ3) is 2.73. The number of amides is 1. The van der Waals surface area contributed by atoms with Crippen LogP contribution < -0.4 is 4.74 Å². The lowest BCUT2D eigenvalue weighted by molar-refractivity contribution is -0.134. The Kier molecular flexibility index (Phi) is 3.94. The molecule has 26 heavy (non-hydrogen) atoms. The Bertz CT molecular complexity index is 918. The fourth-order valence-electron chi connectivity index (χ4n) is 3.78. The average Bonchev–Trinajstić information content (AvgIpc) is 3.03. The number of carbonyl (C=O) groups excluding carboxylic acids is 1. The van der Waals surface area contributed by atoms with Crippen molar-refractivity contribution in [1.82, 2.24) is 4.90 Å².